The van der Waals surface area contributed by atoms with Gasteiger partial charge >= 0.3 is 0 Å². The summed E-state index contributed by atoms with van der Waals surface area (Å²) in [6.07, 6.45) is 0. The minimum absolute atomic E-state index is 0.0827. The number of ether oxygens (including phenoxy) is 1. The van der Waals surface area contributed by atoms with Crippen molar-refractivity contribution in [1.29, 1.82) is 0 Å². The molecule has 2 aromatic rings. The summed E-state index contributed by atoms with van der Waals surface area (Å²) >= 11 is 0. The highest BCUT2D eigenvalue weighted by Crippen LogP contribution is 2.28. The van der Waals surface area contributed by atoms with Crippen molar-refractivity contribution in [1.82, 2.24) is 9.80 Å². The van der Waals surface area contributed by atoms with Gasteiger partial charge < -0.3 is 14.5 Å². The highest BCUT2D eigenvalue weighted by Gasteiger charge is 2.30. The minimum Gasteiger partial charge on any atom is -0.494 e. The number of carbonyl (C=O) groups excluding carboxylic acids is 1. The molecule has 0 spiro atoms. The van der Waals surface area contributed by atoms with Crippen LogP contribution in [-0.2, 0) is 0 Å². The molecule has 0 aliphatic carbocycles. The van der Waals surface area contributed by atoms with Crippen LogP contribution in [0.3, 0.4) is 0 Å². The first-order valence-corrected chi connectivity index (χ1v) is 8.88. The average molecular weight is 338 g/mol. The molecular formula is C21H26N2O2. The fourth-order valence-corrected chi connectivity index (χ4v) is 3.39. The van der Waals surface area contributed by atoms with Gasteiger partial charge in [0.2, 0.25) is 0 Å². The number of rotatable bonds is 4. The Morgan fingerprint density at radius 3 is 2.60 bits per heavy atom. The molecule has 1 aliphatic rings. The number of piperazine rings is 1. The van der Waals surface area contributed by atoms with Gasteiger partial charge in [-0.2, -0.15) is 0 Å². The van der Waals surface area contributed by atoms with Crippen LogP contribution in [0.15, 0.2) is 48.5 Å². The van der Waals surface area contributed by atoms with Gasteiger partial charge in [-0.05, 0) is 50.2 Å². The zero-order valence-electron chi connectivity index (χ0n) is 15.2. The molecule has 2 aromatic carbocycles. The molecule has 0 saturated carbocycles. The molecule has 4 nitrogen and oxygen atoms in total. The SMILES string of the molecule is CCOc1ccc(C(=O)N2CCN(C)CC2c2ccccc2)cc1C. The van der Waals surface area contributed by atoms with Crippen molar-refractivity contribution < 1.29 is 9.53 Å². The number of benzene rings is 2. The van der Waals surface area contributed by atoms with Crippen molar-refractivity contribution in [2.75, 3.05) is 33.3 Å². The first-order chi connectivity index (χ1) is 12.1. The van der Waals surface area contributed by atoms with Crippen molar-refractivity contribution in [2.24, 2.45) is 0 Å². The molecule has 0 radical (unpaired) electrons. The summed E-state index contributed by atoms with van der Waals surface area (Å²) in [5.41, 5.74) is 2.91. The number of aryl methyl sites for hydroxylation is 1. The standard InChI is InChI=1S/C21H26N2O2/c1-4-25-20-11-10-18(14-16(20)2)21(24)23-13-12-22(3)15-19(23)17-8-6-5-7-9-17/h5-11,14,19H,4,12-13,15H2,1-3H3. The van der Waals surface area contributed by atoms with Gasteiger partial charge in [0.05, 0.1) is 12.6 Å². The molecule has 25 heavy (non-hydrogen) atoms. The molecule has 1 fully saturated rings. The maximum absolute atomic E-state index is 13.2. The molecule has 0 N–H and O–H groups in total. The van der Waals surface area contributed by atoms with Crippen LogP contribution in [0.2, 0.25) is 0 Å². The molecule has 132 valence electrons. The second-order valence-corrected chi connectivity index (χ2v) is 6.60. The molecule has 1 saturated heterocycles. The van der Waals surface area contributed by atoms with Gasteiger partial charge in [0.1, 0.15) is 5.75 Å². The van der Waals surface area contributed by atoms with Gasteiger partial charge in [0.25, 0.3) is 5.91 Å². The van der Waals surface area contributed by atoms with Crippen molar-refractivity contribution in [3.8, 4) is 5.75 Å². The van der Waals surface area contributed by atoms with Crippen molar-refractivity contribution >= 4 is 5.91 Å². The van der Waals surface area contributed by atoms with Crippen LogP contribution in [0.1, 0.15) is 34.5 Å². The molecule has 1 unspecified atom stereocenters. The van der Waals surface area contributed by atoms with E-state index in [-0.39, 0.29) is 11.9 Å². The fourth-order valence-electron chi connectivity index (χ4n) is 3.39. The van der Waals surface area contributed by atoms with Gasteiger partial charge in [0, 0.05) is 25.2 Å². The summed E-state index contributed by atoms with van der Waals surface area (Å²) in [6, 6.07) is 16.1. The summed E-state index contributed by atoms with van der Waals surface area (Å²) < 4.78 is 5.59. The van der Waals surface area contributed by atoms with E-state index in [9.17, 15) is 4.79 Å². The van der Waals surface area contributed by atoms with Gasteiger partial charge in [-0.3, -0.25) is 4.79 Å². The minimum atomic E-state index is 0.0827. The third kappa shape index (κ3) is 3.85. The quantitative estimate of drug-likeness (QED) is 0.855. The summed E-state index contributed by atoms with van der Waals surface area (Å²) in [5, 5.41) is 0. The maximum atomic E-state index is 13.2. The summed E-state index contributed by atoms with van der Waals surface area (Å²) in [5.74, 6) is 0.935. The predicted octanol–water partition coefficient (Wildman–Crippen LogP) is 3.52. The van der Waals surface area contributed by atoms with Crippen molar-refractivity contribution in [3.05, 3.63) is 65.2 Å². The number of hydrogen-bond acceptors (Lipinski definition) is 3. The molecule has 3 rings (SSSR count). The molecule has 1 aliphatic heterocycles. The molecule has 1 amide bonds. The van der Waals surface area contributed by atoms with Crippen LogP contribution < -0.4 is 4.74 Å². The zero-order chi connectivity index (χ0) is 17.8. The molecule has 4 heteroatoms. The lowest BCUT2D eigenvalue weighted by molar-refractivity contribution is 0.0498. The number of likely N-dealkylation sites (N-methyl/N-ethyl adjacent to an activating group) is 1. The zero-order valence-corrected chi connectivity index (χ0v) is 15.2. The Bertz CT molecular complexity index is 730. The van der Waals surface area contributed by atoms with Gasteiger partial charge in [-0.1, -0.05) is 30.3 Å². The third-order valence-corrected chi connectivity index (χ3v) is 4.75. The van der Waals surface area contributed by atoms with Crippen molar-refractivity contribution in [2.45, 2.75) is 19.9 Å². The smallest absolute Gasteiger partial charge is 0.254 e. The number of amides is 1. The molecule has 1 heterocycles. The van der Waals surface area contributed by atoms with Crippen LogP contribution in [0, 0.1) is 6.92 Å². The van der Waals surface area contributed by atoms with E-state index in [1.807, 2.05) is 55.1 Å². The first kappa shape index (κ1) is 17.5. The second kappa shape index (κ2) is 7.70. The molecular weight excluding hydrogens is 312 g/mol. The van der Waals surface area contributed by atoms with E-state index in [1.54, 1.807) is 0 Å². The first-order valence-electron chi connectivity index (χ1n) is 8.88. The van der Waals surface area contributed by atoms with E-state index < -0.39 is 0 Å². The van der Waals surface area contributed by atoms with Crippen LogP contribution in [0.25, 0.3) is 0 Å². The molecule has 0 bridgehead atoms. The van der Waals surface area contributed by atoms with E-state index in [4.69, 9.17) is 4.74 Å². The van der Waals surface area contributed by atoms with Crippen LogP contribution >= 0.6 is 0 Å². The normalized spacial score (nSPS) is 18.2. The van der Waals surface area contributed by atoms with E-state index >= 15 is 0 Å². The van der Waals surface area contributed by atoms with Crippen LogP contribution in [0.5, 0.6) is 5.75 Å². The highest BCUT2D eigenvalue weighted by molar-refractivity contribution is 5.95. The average Bonchev–Trinajstić information content (AvgIpc) is 2.63. The topological polar surface area (TPSA) is 32.8 Å². The molecule has 1 atom stereocenters. The van der Waals surface area contributed by atoms with E-state index in [0.29, 0.717) is 6.61 Å². The van der Waals surface area contributed by atoms with E-state index in [2.05, 4.69) is 24.1 Å². The predicted molar refractivity (Wildman–Crippen MR) is 100 cm³/mol. The van der Waals surface area contributed by atoms with Gasteiger partial charge in [-0.25, -0.2) is 0 Å². The Morgan fingerprint density at radius 2 is 1.92 bits per heavy atom. The second-order valence-electron chi connectivity index (χ2n) is 6.60. The third-order valence-electron chi connectivity index (χ3n) is 4.75. The highest BCUT2D eigenvalue weighted by atomic mass is 16.5. The Labute approximate surface area is 150 Å². The van der Waals surface area contributed by atoms with Gasteiger partial charge in [-0.15, -0.1) is 0 Å². The lowest BCUT2D eigenvalue weighted by Gasteiger charge is -2.40. The largest absolute Gasteiger partial charge is 0.494 e. The Kier molecular flexibility index (Phi) is 5.39. The Hall–Kier alpha value is -2.33. The fraction of sp³-hybridized carbons (Fsp3) is 0.381. The summed E-state index contributed by atoms with van der Waals surface area (Å²) in [6.45, 7) is 7.06. The molecule has 0 aromatic heterocycles. The Morgan fingerprint density at radius 1 is 1.16 bits per heavy atom. The number of hydrogen-bond donors (Lipinski definition) is 0. The van der Waals surface area contributed by atoms with E-state index in [0.717, 1.165) is 36.5 Å². The van der Waals surface area contributed by atoms with Gasteiger partial charge in [0.15, 0.2) is 0 Å². The van der Waals surface area contributed by atoms with Crippen molar-refractivity contribution in [3.63, 3.8) is 0 Å². The number of nitrogens with zero attached hydrogens (tertiary/aromatic N) is 2. The summed E-state index contributed by atoms with van der Waals surface area (Å²) in [4.78, 5) is 17.5. The van der Waals surface area contributed by atoms with Crippen LogP contribution in [-0.4, -0.2) is 49.0 Å². The lowest BCUT2D eigenvalue weighted by atomic mass is 10.0. The van der Waals surface area contributed by atoms with E-state index in [1.165, 1.54) is 5.56 Å². The summed E-state index contributed by atoms with van der Waals surface area (Å²) in [7, 11) is 2.11. The Balaban J connectivity index is 1.87. The number of carbonyl (C=O) groups is 1. The maximum Gasteiger partial charge on any atom is 0.254 e. The van der Waals surface area contributed by atoms with Crippen LogP contribution in [0.4, 0.5) is 0 Å². The monoisotopic (exact) mass is 338 g/mol. The lowest BCUT2D eigenvalue weighted by Crippen LogP contribution is -2.49.